The predicted octanol–water partition coefficient (Wildman–Crippen LogP) is 3.06. The number of nitrogens with zero attached hydrogens (tertiary/aromatic N) is 2. The number of benzene rings is 2. The van der Waals surface area contributed by atoms with Crippen LogP contribution in [-0.2, 0) is 6.54 Å². The molecule has 0 aliphatic carbocycles. The quantitative estimate of drug-likeness (QED) is 0.703. The summed E-state index contributed by atoms with van der Waals surface area (Å²) in [6.45, 7) is 0.606. The van der Waals surface area contributed by atoms with E-state index in [-0.39, 0.29) is 11.4 Å². The Kier molecular flexibility index (Phi) is 3.01. The van der Waals surface area contributed by atoms with E-state index in [1.165, 1.54) is 12.1 Å². The van der Waals surface area contributed by atoms with Gasteiger partial charge in [0.25, 0.3) is 5.56 Å². The van der Waals surface area contributed by atoms with Crippen molar-refractivity contribution in [2.24, 2.45) is 0 Å². The van der Waals surface area contributed by atoms with Gasteiger partial charge in [0.1, 0.15) is 11.6 Å². The van der Waals surface area contributed by atoms with Gasteiger partial charge in [-0.2, -0.15) is 0 Å². The lowest BCUT2D eigenvalue weighted by Crippen LogP contribution is -2.20. The van der Waals surface area contributed by atoms with E-state index in [1.54, 1.807) is 34.9 Å². The summed E-state index contributed by atoms with van der Waals surface area (Å²) in [6.07, 6.45) is 2.67. The number of anilines is 1. The fourth-order valence-corrected chi connectivity index (χ4v) is 2.93. The van der Waals surface area contributed by atoms with E-state index in [9.17, 15) is 9.18 Å². The van der Waals surface area contributed by atoms with Gasteiger partial charge in [0.05, 0.1) is 10.9 Å². The second kappa shape index (κ2) is 5.05. The number of hydrogen-bond acceptors (Lipinski definition) is 3. The van der Waals surface area contributed by atoms with Gasteiger partial charge < -0.3 is 5.73 Å². The van der Waals surface area contributed by atoms with E-state index in [2.05, 4.69) is 4.98 Å². The molecular weight excluding hydrogens is 293 g/mol. The van der Waals surface area contributed by atoms with Crippen molar-refractivity contribution in [3.05, 3.63) is 70.0 Å². The van der Waals surface area contributed by atoms with Gasteiger partial charge >= 0.3 is 0 Å². The SMILES string of the molecule is Nc1ccc2c(=O)n3c(nc2c1)/C(=C/c1ccc(F)cc1)CC3. The van der Waals surface area contributed by atoms with Gasteiger partial charge in [-0.3, -0.25) is 9.36 Å². The third-order valence-corrected chi connectivity index (χ3v) is 4.08. The highest BCUT2D eigenvalue weighted by molar-refractivity contribution is 5.86. The summed E-state index contributed by atoms with van der Waals surface area (Å²) in [5, 5.41) is 0.575. The Bertz CT molecular complexity index is 1000. The molecule has 1 aliphatic rings. The molecule has 0 unspecified atom stereocenters. The minimum Gasteiger partial charge on any atom is -0.399 e. The first-order valence-electron chi connectivity index (χ1n) is 7.38. The van der Waals surface area contributed by atoms with E-state index in [1.807, 2.05) is 6.08 Å². The molecule has 0 spiro atoms. The van der Waals surface area contributed by atoms with Crippen LogP contribution >= 0.6 is 0 Å². The summed E-state index contributed by atoms with van der Waals surface area (Å²) in [5.41, 5.74) is 8.79. The Hall–Kier alpha value is -2.95. The van der Waals surface area contributed by atoms with Crippen LogP contribution in [0, 0.1) is 5.82 Å². The number of hydrogen-bond donors (Lipinski definition) is 1. The fraction of sp³-hybridized carbons (Fsp3) is 0.111. The summed E-state index contributed by atoms with van der Waals surface area (Å²) < 4.78 is 14.7. The third-order valence-electron chi connectivity index (χ3n) is 4.08. The Morgan fingerprint density at radius 3 is 2.74 bits per heavy atom. The van der Waals surface area contributed by atoms with Gasteiger partial charge in [0.15, 0.2) is 0 Å². The number of halogens is 1. The molecule has 1 aromatic heterocycles. The molecule has 4 rings (SSSR count). The standard InChI is InChI=1S/C18H14FN3O/c19-13-3-1-11(2-4-13)9-12-7-8-22-17(12)21-16-10-14(20)5-6-15(16)18(22)23/h1-6,9-10H,7-8,20H2/b12-9+. The van der Waals surface area contributed by atoms with Gasteiger partial charge in [-0.25, -0.2) is 9.37 Å². The lowest BCUT2D eigenvalue weighted by atomic mass is 10.1. The minimum absolute atomic E-state index is 0.0486. The predicted molar refractivity (Wildman–Crippen MR) is 89.3 cm³/mol. The maximum absolute atomic E-state index is 13.0. The molecule has 0 atom stereocenters. The van der Waals surface area contributed by atoms with Crippen molar-refractivity contribution in [2.75, 3.05) is 5.73 Å². The molecule has 114 valence electrons. The first kappa shape index (κ1) is 13.7. The fourth-order valence-electron chi connectivity index (χ4n) is 2.93. The molecule has 1 aliphatic heterocycles. The first-order chi connectivity index (χ1) is 11.1. The van der Waals surface area contributed by atoms with Crippen LogP contribution in [0.2, 0.25) is 0 Å². The van der Waals surface area contributed by atoms with Crippen molar-refractivity contribution in [3.63, 3.8) is 0 Å². The number of fused-ring (bicyclic) bond motifs is 2. The molecule has 0 bridgehead atoms. The summed E-state index contributed by atoms with van der Waals surface area (Å²) >= 11 is 0. The second-order valence-corrected chi connectivity index (χ2v) is 5.64. The van der Waals surface area contributed by atoms with E-state index in [4.69, 9.17) is 5.73 Å². The van der Waals surface area contributed by atoms with Crippen LogP contribution in [0.25, 0.3) is 22.6 Å². The number of aromatic nitrogens is 2. The zero-order valence-electron chi connectivity index (χ0n) is 12.3. The molecule has 2 N–H and O–H groups in total. The summed E-state index contributed by atoms with van der Waals surface area (Å²) in [7, 11) is 0. The highest BCUT2D eigenvalue weighted by atomic mass is 19.1. The number of nitrogens with two attached hydrogens (primary N) is 1. The molecule has 0 radical (unpaired) electrons. The lowest BCUT2D eigenvalue weighted by Gasteiger charge is -2.06. The first-order valence-corrected chi connectivity index (χ1v) is 7.38. The zero-order chi connectivity index (χ0) is 16.0. The third kappa shape index (κ3) is 2.30. The molecule has 0 saturated heterocycles. The van der Waals surface area contributed by atoms with Crippen LogP contribution in [0.3, 0.4) is 0 Å². The number of rotatable bonds is 1. The maximum Gasteiger partial charge on any atom is 0.261 e. The van der Waals surface area contributed by atoms with E-state index in [0.29, 0.717) is 29.0 Å². The Morgan fingerprint density at radius 2 is 1.96 bits per heavy atom. The molecule has 0 fully saturated rings. The highest BCUT2D eigenvalue weighted by Crippen LogP contribution is 2.27. The monoisotopic (exact) mass is 307 g/mol. The molecule has 3 aromatic rings. The van der Waals surface area contributed by atoms with Gasteiger partial charge in [-0.1, -0.05) is 12.1 Å². The molecular formula is C18H14FN3O. The van der Waals surface area contributed by atoms with Crippen molar-refractivity contribution < 1.29 is 4.39 Å². The van der Waals surface area contributed by atoms with Crippen LogP contribution in [0.4, 0.5) is 10.1 Å². The van der Waals surface area contributed by atoms with E-state index in [0.717, 1.165) is 17.6 Å². The van der Waals surface area contributed by atoms with Crippen LogP contribution in [0.5, 0.6) is 0 Å². The molecule has 23 heavy (non-hydrogen) atoms. The highest BCUT2D eigenvalue weighted by Gasteiger charge is 2.20. The Labute approximate surface area is 131 Å². The van der Waals surface area contributed by atoms with Crippen molar-refractivity contribution in [1.82, 2.24) is 9.55 Å². The van der Waals surface area contributed by atoms with Crippen molar-refractivity contribution in [1.29, 1.82) is 0 Å². The van der Waals surface area contributed by atoms with Crippen molar-refractivity contribution in [2.45, 2.75) is 13.0 Å². The maximum atomic E-state index is 13.0. The van der Waals surface area contributed by atoms with Crippen LogP contribution in [0.15, 0.2) is 47.3 Å². The average molecular weight is 307 g/mol. The van der Waals surface area contributed by atoms with Gasteiger partial charge in [-0.05, 0) is 54.0 Å². The number of allylic oxidation sites excluding steroid dienone is 1. The Balaban J connectivity index is 1.89. The van der Waals surface area contributed by atoms with Gasteiger partial charge in [-0.15, -0.1) is 0 Å². The normalized spacial score (nSPS) is 15.3. The molecule has 5 heteroatoms. The van der Waals surface area contributed by atoms with E-state index >= 15 is 0 Å². The van der Waals surface area contributed by atoms with Gasteiger partial charge in [0.2, 0.25) is 0 Å². The van der Waals surface area contributed by atoms with Crippen LogP contribution < -0.4 is 11.3 Å². The molecule has 4 nitrogen and oxygen atoms in total. The number of nitrogen functional groups attached to an aromatic ring is 1. The average Bonchev–Trinajstić information content (AvgIpc) is 2.93. The summed E-state index contributed by atoms with van der Waals surface area (Å²) in [4.78, 5) is 17.2. The smallest absolute Gasteiger partial charge is 0.261 e. The van der Waals surface area contributed by atoms with Crippen LogP contribution in [-0.4, -0.2) is 9.55 Å². The molecule has 0 amide bonds. The summed E-state index contributed by atoms with van der Waals surface area (Å²) in [5.74, 6) is 0.396. The van der Waals surface area contributed by atoms with Gasteiger partial charge in [0, 0.05) is 12.2 Å². The molecule has 2 aromatic carbocycles. The van der Waals surface area contributed by atoms with Crippen LogP contribution in [0.1, 0.15) is 17.8 Å². The molecule has 2 heterocycles. The van der Waals surface area contributed by atoms with Crippen molar-refractivity contribution >= 4 is 28.2 Å². The Morgan fingerprint density at radius 1 is 1.17 bits per heavy atom. The summed E-state index contributed by atoms with van der Waals surface area (Å²) in [6, 6.07) is 11.4. The topological polar surface area (TPSA) is 60.9 Å². The minimum atomic E-state index is -0.269. The zero-order valence-corrected chi connectivity index (χ0v) is 12.3. The van der Waals surface area contributed by atoms with Crippen molar-refractivity contribution in [3.8, 4) is 0 Å². The lowest BCUT2D eigenvalue weighted by molar-refractivity contribution is 0.628. The second-order valence-electron chi connectivity index (χ2n) is 5.64. The largest absolute Gasteiger partial charge is 0.399 e. The van der Waals surface area contributed by atoms with E-state index < -0.39 is 0 Å². The molecule has 0 saturated carbocycles.